The predicted octanol–water partition coefficient (Wildman–Crippen LogP) is 1.92. The van der Waals surface area contributed by atoms with Crippen LogP contribution in [0.25, 0.3) is 11.0 Å². The minimum Gasteiger partial charge on any atom is -0.345 e. The van der Waals surface area contributed by atoms with Crippen LogP contribution in [0.1, 0.15) is 15.9 Å². The lowest BCUT2D eigenvalue weighted by Gasteiger charge is -2.33. The molecule has 0 unspecified atom stereocenters. The Bertz CT molecular complexity index is 1500. The molecule has 1 aromatic carbocycles. The zero-order valence-corrected chi connectivity index (χ0v) is 19.1. The van der Waals surface area contributed by atoms with Gasteiger partial charge in [0.25, 0.3) is 11.5 Å². The van der Waals surface area contributed by atoms with Crippen LogP contribution in [-0.2, 0) is 16.6 Å². The third-order valence-corrected chi connectivity index (χ3v) is 7.94. The number of hydrogen-bond acceptors (Lipinski definition) is 5. The van der Waals surface area contributed by atoms with E-state index in [9.17, 15) is 18.0 Å². The van der Waals surface area contributed by atoms with Crippen LogP contribution in [0.4, 0.5) is 0 Å². The zero-order valence-electron chi connectivity index (χ0n) is 18.3. The summed E-state index contributed by atoms with van der Waals surface area (Å²) in [7, 11) is -3.75. The quantitative estimate of drug-likeness (QED) is 0.473. The molecule has 0 bridgehead atoms. The fraction of sp³-hybridized carbons (Fsp3) is 0.208. The highest BCUT2D eigenvalue weighted by Crippen LogP contribution is 2.25. The molecule has 0 aliphatic carbocycles. The SMILES string of the molecule is O=C(c1cccn(Cc2ccccc2)c1=O)N1CCN(S(=O)(=O)c2c[nH]c3ncccc23)CC1. The molecule has 4 aromatic rings. The number of nitrogens with one attached hydrogen (secondary N) is 1. The molecule has 34 heavy (non-hydrogen) atoms. The second kappa shape index (κ2) is 8.88. The van der Waals surface area contributed by atoms with Crippen molar-refractivity contribution in [2.24, 2.45) is 0 Å². The summed E-state index contributed by atoms with van der Waals surface area (Å²) >= 11 is 0. The average molecular weight is 478 g/mol. The number of H-pyrrole nitrogens is 1. The Morgan fingerprint density at radius 1 is 0.971 bits per heavy atom. The molecule has 4 heterocycles. The third-order valence-electron chi connectivity index (χ3n) is 6.00. The van der Waals surface area contributed by atoms with Gasteiger partial charge < -0.3 is 14.5 Å². The van der Waals surface area contributed by atoms with E-state index in [0.29, 0.717) is 17.6 Å². The van der Waals surface area contributed by atoms with Crippen molar-refractivity contribution in [2.75, 3.05) is 26.2 Å². The molecule has 3 aromatic heterocycles. The lowest BCUT2D eigenvalue weighted by atomic mass is 10.2. The standard InChI is InChI=1S/C24H23N5O4S/c30-23(20-9-5-11-28(24(20)31)17-18-6-2-1-3-7-18)27-12-14-29(15-13-27)34(32,33)21-16-26-22-19(21)8-4-10-25-22/h1-11,16H,12-15,17H2,(H,25,26). The lowest BCUT2D eigenvalue weighted by molar-refractivity contribution is 0.0695. The number of fused-ring (bicyclic) bond motifs is 1. The van der Waals surface area contributed by atoms with Gasteiger partial charge in [-0.2, -0.15) is 4.31 Å². The van der Waals surface area contributed by atoms with E-state index in [4.69, 9.17) is 0 Å². The molecule has 0 atom stereocenters. The van der Waals surface area contributed by atoms with Crippen molar-refractivity contribution in [3.05, 3.63) is 94.7 Å². The smallest absolute Gasteiger partial charge is 0.263 e. The van der Waals surface area contributed by atoms with E-state index in [0.717, 1.165) is 5.56 Å². The second-order valence-electron chi connectivity index (χ2n) is 8.09. The highest BCUT2D eigenvalue weighted by Gasteiger charge is 2.32. The van der Waals surface area contributed by atoms with E-state index in [-0.39, 0.29) is 48.1 Å². The molecule has 1 fully saturated rings. The maximum Gasteiger partial charge on any atom is 0.263 e. The molecule has 0 saturated carbocycles. The van der Waals surface area contributed by atoms with Crippen molar-refractivity contribution >= 4 is 27.0 Å². The summed E-state index contributed by atoms with van der Waals surface area (Å²) in [4.78, 5) is 34.8. The van der Waals surface area contributed by atoms with Gasteiger partial charge in [-0.05, 0) is 29.8 Å². The number of aromatic amines is 1. The van der Waals surface area contributed by atoms with Gasteiger partial charge in [-0.3, -0.25) is 9.59 Å². The van der Waals surface area contributed by atoms with E-state index in [1.807, 2.05) is 30.3 Å². The van der Waals surface area contributed by atoms with Gasteiger partial charge in [-0.15, -0.1) is 0 Å². The minimum absolute atomic E-state index is 0.0810. The Morgan fingerprint density at radius 3 is 2.50 bits per heavy atom. The lowest BCUT2D eigenvalue weighted by Crippen LogP contribution is -2.51. The summed E-state index contributed by atoms with van der Waals surface area (Å²) in [6.45, 7) is 1.06. The van der Waals surface area contributed by atoms with Crippen molar-refractivity contribution in [3.63, 3.8) is 0 Å². The van der Waals surface area contributed by atoms with Gasteiger partial charge in [-0.1, -0.05) is 30.3 Å². The van der Waals surface area contributed by atoms with Crippen molar-refractivity contribution in [1.29, 1.82) is 0 Å². The number of nitrogens with zero attached hydrogens (tertiary/aromatic N) is 4. The fourth-order valence-electron chi connectivity index (χ4n) is 4.19. The summed E-state index contributed by atoms with van der Waals surface area (Å²) in [6.07, 6.45) is 4.70. The highest BCUT2D eigenvalue weighted by atomic mass is 32.2. The molecular formula is C24H23N5O4S. The Kier molecular flexibility index (Phi) is 5.76. The summed E-state index contributed by atoms with van der Waals surface area (Å²) < 4.78 is 29.3. The van der Waals surface area contributed by atoms with E-state index in [1.165, 1.54) is 26.0 Å². The number of carbonyl (C=O) groups is 1. The Labute approximate surface area is 196 Å². The summed E-state index contributed by atoms with van der Waals surface area (Å²) in [6, 6.07) is 16.1. The molecular weight excluding hydrogens is 454 g/mol. The molecule has 174 valence electrons. The molecule has 9 nitrogen and oxygen atoms in total. The summed E-state index contributed by atoms with van der Waals surface area (Å²) in [5.41, 5.74) is 1.18. The Hall–Kier alpha value is -3.76. The molecule has 0 spiro atoms. The van der Waals surface area contributed by atoms with Crippen LogP contribution in [0.5, 0.6) is 0 Å². The van der Waals surface area contributed by atoms with Crippen LogP contribution in [0, 0.1) is 0 Å². The topological polar surface area (TPSA) is 108 Å². The molecule has 1 amide bonds. The van der Waals surface area contributed by atoms with Gasteiger partial charge in [0.05, 0.1) is 6.54 Å². The highest BCUT2D eigenvalue weighted by molar-refractivity contribution is 7.89. The van der Waals surface area contributed by atoms with Gasteiger partial charge in [0, 0.05) is 50.2 Å². The maximum atomic E-state index is 13.2. The molecule has 1 aliphatic heterocycles. The third kappa shape index (κ3) is 4.02. The van der Waals surface area contributed by atoms with Crippen molar-refractivity contribution in [1.82, 2.24) is 23.7 Å². The van der Waals surface area contributed by atoms with Crippen LogP contribution in [0.15, 0.2) is 82.9 Å². The molecule has 1 saturated heterocycles. The predicted molar refractivity (Wildman–Crippen MR) is 127 cm³/mol. The van der Waals surface area contributed by atoms with Crippen molar-refractivity contribution < 1.29 is 13.2 Å². The number of piperazine rings is 1. The first kappa shape index (κ1) is 22.1. The maximum absolute atomic E-state index is 13.2. The van der Waals surface area contributed by atoms with Crippen LogP contribution in [0.2, 0.25) is 0 Å². The minimum atomic E-state index is -3.75. The summed E-state index contributed by atoms with van der Waals surface area (Å²) in [5, 5.41) is 0.532. The molecule has 1 N–H and O–H groups in total. The van der Waals surface area contributed by atoms with Crippen LogP contribution in [0.3, 0.4) is 0 Å². The second-order valence-corrected chi connectivity index (χ2v) is 10.00. The van der Waals surface area contributed by atoms with Gasteiger partial charge in [0.15, 0.2) is 0 Å². The number of pyridine rings is 2. The Morgan fingerprint density at radius 2 is 1.74 bits per heavy atom. The fourth-order valence-corrected chi connectivity index (χ4v) is 5.76. The summed E-state index contributed by atoms with van der Waals surface area (Å²) in [5.74, 6) is -0.388. The molecule has 5 rings (SSSR count). The zero-order chi connectivity index (χ0) is 23.7. The van der Waals surface area contributed by atoms with Gasteiger partial charge in [0.1, 0.15) is 16.1 Å². The number of sulfonamides is 1. The number of rotatable bonds is 5. The normalized spacial score (nSPS) is 15.0. The molecule has 0 radical (unpaired) electrons. The van der Waals surface area contributed by atoms with Gasteiger partial charge in [0.2, 0.25) is 10.0 Å². The first-order chi connectivity index (χ1) is 16.4. The number of hydrogen-bond donors (Lipinski definition) is 1. The van der Waals surface area contributed by atoms with E-state index in [1.54, 1.807) is 30.6 Å². The van der Waals surface area contributed by atoms with E-state index >= 15 is 0 Å². The average Bonchev–Trinajstić information content (AvgIpc) is 3.31. The number of benzene rings is 1. The van der Waals surface area contributed by atoms with E-state index < -0.39 is 10.0 Å². The monoisotopic (exact) mass is 477 g/mol. The van der Waals surface area contributed by atoms with E-state index in [2.05, 4.69) is 9.97 Å². The number of carbonyl (C=O) groups excluding carboxylic acids is 1. The number of amides is 1. The van der Waals surface area contributed by atoms with Gasteiger partial charge in [-0.25, -0.2) is 13.4 Å². The van der Waals surface area contributed by atoms with Crippen LogP contribution in [-0.4, -0.2) is 64.2 Å². The molecule has 1 aliphatic rings. The first-order valence-corrected chi connectivity index (χ1v) is 12.3. The Balaban J connectivity index is 1.31. The first-order valence-electron chi connectivity index (χ1n) is 10.9. The van der Waals surface area contributed by atoms with Crippen molar-refractivity contribution in [3.8, 4) is 0 Å². The van der Waals surface area contributed by atoms with Crippen molar-refractivity contribution in [2.45, 2.75) is 11.4 Å². The molecule has 10 heteroatoms. The number of aromatic nitrogens is 3. The largest absolute Gasteiger partial charge is 0.345 e. The van der Waals surface area contributed by atoms with Crippen LogP contribution >= 0.6 is 0 Å². The van der Waals surface area contributed by atoms with Gasteiger partial charge >= 0.3 is 0 Å². The van der Waals surface area contributed by atoms with Crippen LogP contribution < -0.4 is 5.56 Å².